The Morgan fingerprint density at radius 1 is 0.700 bits per heavy atom. The van der Waals surface area contributed by atoms with Gasteiger partial charge in [0.15, 0.2) is 0 Å². The van der Waals surface area contributed by atoms with Crippen molar-refractivity contribution in [2.45, 2.75) is 153 Å². The van der Waals surface area contributed by atoms with Crippen molar-refractivity contribution in [3.63, 3.8) is 0 Å². The van der Waals surface area contributed by atoms with Gasteiger partial charge in [-0.05, 0) is 78.7 Å². The summed E-state index contributed by atoms with van der Waals surface area (Å²) in [5, 5.41) is 11.1. The average Bonchev–Trinajstić information content (AvgIpc) is 2.76. The van der Waals surface area contributed by atoms with Crippen molar-refractivity contribution in [1.82, 2.24) is 0 Å². The first-order valence-electron chi connectivity index (χ1n) is 15.2. The molecular formula is C36H58O2S2. The van der Waals surface area contributed by atoms with E-state index < -0.39 is 0 Å². The Kier molecular flexibility index (Phi) is 11.7. The molecule has 0 heterocycles. The van der Waals surface area contributed by atoms with Gasteiger partial charge in [0.2, 0.25) is 0 Å². The van der Waals surface area contributed by atoms with E-state index in [9.17, 15) is 5.11 Å². The van der Waals surface area contributed by atoms with Crippen molar-refractivity contribution >= 4 is 23.5 Å². The highest BCUT2D eigenvalue weighted by Gasteiger charge is 2.31. The van der Waals surface area contributed by atoms with E-state index in [1.165, 1.54) is 33.8 Å². The Morgan fingerprint density at radius 2 is 1.15 bits per heavy atom. The van der Waals surface area contributed by atoms with Gasteiger partial charge >= 0.3 is 0 Å². The molecule has 2 rings (SSSR count). The number of benzene rings is 2. The van der Waals surface area contributed by atoms with Crippen LogP contribution in [0.3, 0.4) is 0 Å². The van der Waals surface area contributed by atoms with Gasteiger partial charge in [0.1, 0.15) is 11.5 Å². The van der Waals surface area contributed by atoms with E-state index in [1.54, 1.807) is 0 Å². The van der Waals surface area contributed by atoms with Crippen LogP contribution in [0.1, 0.15) is 138 Å². The fourth-order valence-electron chi connectivity index (χ4n) is 4.94. The first-order valence-corrected chi connectivity index (χ1v) is 16.8. The van der Waals surface area contributed by atoms with Gasteiger partial charge in [0, 0.05) is 26.5 Å². The third-order valence-corrected chi connectivity index (χ3v) is 9.42. The molecule has 0 atom stereocenters. The van der Waals surface area contributed by atoms with E-state index >= 15 is 0 Å². The number of phenolic OH excluding ortho intramolecular Hbond substituents is 1. The summed E-state index contributed by atoms with van der Waals surface area (Å²) in [5.74, 6) is 2.03. The molecule has 226 valence electrons. The van der Waals surface area contributed by atoms with E-state index in [0.29, 0.717) is 11.7 Å². The zero-order valence-electron chi connectivity index (χ0n) is 28.1. The first kappa shape index (κ1) is 34.9. The maximum absolute atomic E-state index is 11.1. The van der Waals surface area contributed by atoms with Crippen molar-refractivity contribution in [3.8, 4) is 11.5 Å². The zero-order valence-corrected chi connectivity index (χ0v) is 29.7. The topological polar surface area (TPSA) is 29.5 Å². The van der Waals surface area contributed by atoms with Crippen LogP contribution in [-0.4, -0.2) is 15.8 Å². The molecule has 0 saturated heterocycles. The van der Waals surface area contributed by atoms with Gasteiger partial charge in [-0.1, -0.05) is 95.9 Å². The molecule has 4 heteroatoms. The molecule has 0 spiro atoms. The predicted molar refractivity (Wildman–Crippen MR) is 180 cm³/mol. The van der Waals surface area contributed by atoms with E-state index in [1.807, 2.05) is 23.5 Å². The molecular weight excluding hydrogens is 529 g/mol. The number of thioether (sulfide) groups is 2. The second-order valence-electron chi connectivity index (χ2n) is 15.3. The minimum atomic E-state index is -0.125. The monoisotopic (exact) mass is 586 g/mol. The standard InChI is InChI=1S/C36H58O2S2/c1-15-16-17-18-38-32-29(34(7,8)9)22-27(23-30(32)35(10,11)12)40-36(13,14)39-26-20-25(19-24(2)3)31(37)28(21-26)33(4,5)6/h20-24,37H,15-19H2,1-14H3. The lowest BCUT2D eigenvalue weighted by atomic mass is 9.79. The quantitative estimate of drug-likeness (QED) is 0.161. The van der Waals surface area contributed by atoms with E-state index in [4.69, 9.17) is 4.74 Å². The van der Waals surface area contributed by atoms with Gasteiger partial charge in [-0.2, -0.15) is 0 Å². The zero-order chi connectivity index (χ0) is 30.7. The van der Waals surface area contributed by atoms with Crippen LogP contribution in [0.5, 0.6) is 11.5 Å². The highest BCUT2D eigenvalue weighted by Crippen LogP contribution is 2.50. The third kappa shape index (κ3) is 9.93. The van der Waals surface area contributed by atoms with Crippen molar-refractivity contribution < 1.29 is 9.84 Å². The largest absolute Gasteiger partial charge is 0.507 e. The van der Waals surface area contributed by atoms with Gasteiger partial charge < -0.3 is 9.84 Å². The summed E-state index contributed by atoms with van der Waals surface area (Å²) < 4.78 is 6.45. The van der Waals surface area contributed by atoms with Crippen LogP contribution >= 0.6 is 23.5 Å². The molecule has 0 bridgehead atoms. The van der Waals surface area contributed by atoms with Crippen molar-refractivity contribution in [3.05, 3.63) is 46.5 Å². The lowest BCUT2D eigenvalue weighted by molar-refractivity contribution is 0.290. The first-order chi connectivity index (χ1) is 18.2. The Balaban J connectivity index is 2.54. The number of hydrogen-bond donors (Lipinski definition) is 1. The Morgan fingerprint density at radius 3 is 1.57 bits per heavy atom. The van der Waals surface area contributed by atoms with Crippen molar-refractivity contribution in [2.24, 2.45) is 5.92 Å². The molecule has 0 aliphatic carbocycles. The number of hydrogen-bond acceptors (Lipinski definition) is 4. The second-order valence-corrected chi connectivity index (χ2v) is 19.0. The molecule has 0 aliphatic heterocycles. The Hall–Kier alpha value is -1.26. The van der Waals surface area contributed by atoms with Gasteiger partial charge in [-0.3, -0.25) is 0 Å². The molecule has 40 heavy (non-hydrogen) atoms. The van der Waals surface area contributed by atoms with E-state index in [2.05, 4.69) is 121 Å². The summed E-state index contributed by atoms with van der Waals surface area (Å²) in [6, 6.07) is 9.17. The third-order valence-electron chi connectivity index (χ3n) is 7.00. The molecule has 2 nitrogen and oxygen atoms in total. The van der Waals surface area contributed by atoms with Crippen LogP contribution in [-0.2, 0) is 22.7 Å². The highest BCUT2D eigenvalue weighted by atomic mass is 32.2. The molecule has 0 amide bonds. The normalized spacial score (nSPS) is 13.3. The van der Waals surface area contributed by atoms with Crippen molar-refractivity contribution in [1.29, 1.82) is 0 Å². The van der Waals surface area contributed by atoms with Crippen LogP contribution in [0, 0.1) is 5.92 Å². The van der Waals surface area contributed by atoms with Gasteiger partial charge in [-0.15, -0.1) is 23.5 Å². The molecule has 0 saturated carbocycles. The minimum absolute atomic E-state index is 0.0295. The molecule has 0 fully saturated rings. The van der Waals surface area contributed by atoms with E-state index in [0.717, 1.165) is 36.3 Å². The summed E-state index contributed by atoms with van der Waals surface area (Å²) in [6.07, 6.45) is 4.36. The fourth-order valence-corrected chi connectivity index (χ4v) is 7.55. The molecule has 0 aromatic heterocycles. The predicted octanol–water partition coefficient (Wildman–Crippen LogP) is 11.7. The van der Waals surface area contributed by atoms with Crippen LogP contribution < -0.4 is 4.74 Å². The molecule has 2 aromatic rings. The average molecular weight is 587 g/mol. The van der Waals surface area contributed by atoms with Crippen LogP contribution in [0.25, 0.3) is 0 Å². The maximum Gasteiger partial charge on any atom is 0.126 e. The highest BCUT2D eigenvalue weighted by molar-refractivity contribution is 8.18. The molecule has 0 aliphatic rings. The summed E-state index contributed by atoms with van der Waals surface area (Å²) in [5.41, 5.74) is 4.48. The van der Waals surface area contributed by atoms with Crippen LogP contribution in [0.4, 0.5) is 0 Å². The Labute approximate surface area is 255 Å². The summed E-state index contributed by atoms with van der Waals surface area (Å²) in [6.45, 7) is 32.4. The lowest BCUT2D eigenvalue weighted by Crippen LogP contribution is -2.21. The number of aromatic hydroxyl groups is 1. The maximum atomic E-state index is 11.1. The Bertz CT molecular complexity index is 1090. The van der Waals surface area contributed by atoms with Gasteiger partial charge in [0.05, 0.1) is 10.7 Å². The number of phenols is 1. The van der Waals surface area contributed by atoms with E-state index in [-0.39, 0.29) is 20.3 Å². The smallest absolute Gasteiger partial charge is 0.126 e. The van der Waals surface area contributed by atoms with Gasteiger partial charge in [0.25, 0.3) is 0 Å². The molecule has 2 aromatic carbocycles. The lowest BCUT2D eigenvalue weighted by Gasteiger charge is -2.32. The molecule has 0 radical (unpaired) electrons. The second kappa shape index (κ2) is 13.4. The number of unbranched alkanes of at least 4 members (excludes halogenated alkanes) is 2. The SMILES string of the molecule is CCCCCOc1c(C(C)(C)C)cc(SC(C)(C)Sc2cc(CC(C)C)c(O)c(C(C)(C)C)c2)cc1C(C)(C)C. The van der Waals surface area contributed by atoms with Crippen LogP contribution in [0.2, 0.25) is 0 Å². The van der Waals surface area contributed by atoms with Gasteiger partial charge in [-0.25, -0.2) is 0 Å². The number of ether oxygens (including phenoxy) is 1. The summed E-state index contributed by atoms with van der Waals surface area (Å²) in [7, 11) is 0. The minimum Gasteiger partial charge on any atom is -0.507 e. The molecule has 1 N–H and O–H groups in total. The number of rotatable bonds is 11. The fraction of sp³-hybridized carbons (Fsp3) is 0.667. The summed E-state index contributed by atoms with van der Waals surface area (Å²) >= 11 is 3.82. The van der Waals surface area contributed by atoms with Crippen LogP contribution in [0.15, 0.2) is 34.1 Å². The molecule has 0 unspecified atom stereocenters. The summed E-state index contributed by atoms with van der Waals surface area (Å²) in [4.78, 5) is 2.50. The van der Waals surface area contributed by atoms with Crippen molar-refractivity contribution in [2.75, 3.05) is 6.61 Å².